The Hall–Kier alpha value is -1.99. The van der Waals surface area contributed by atoms with Gasteiger partial charge in [0.25, 0.3) is 5.91 Å². The summed E-state index contributed by atoms with van der Waals surface area (Å²) in [6.45, 7) is 12.2. The summed E-state index contributed by atoms with van der Waals surface area (Å²) in [6, 6.07) is 13.8. The zero-order valence-electron chi connectivity index (χ0n) is 18.4. The van der Waals surface area contributed by atoms with Crippen molar-refractivity contribution in [1.82, 2.24) is 15.1 Å². The van der Waals surface area contributed by atoms with E-state index in [1.807, 2.05) is 63.2 Å². The summed E-state index contributed by atoms with van der Waals surface area (Å²) in [5.41, 5.74) is 0.500. The summed E-state index contributed by atoms with van der Waals surface area (Å²) in [5, 5.41) is 15.3. The maximum Gasteiger partial charge on any atom is 0.251 e. The number of benzene rings is 2. The van der Waals surface area contributed by atoms with Crippen LogP contribution in [0, 0.1) is 0 Å². The fraction of sp³-hybridized carbons (Fsp3) is 0.542. The van der Waals surface area contributed by atoms with Gasteiger partial charge in [-0.05, 0) is 37.6 Å². The van der Waals surface area contributed by atoms with Gasteiger partial charge in [-0.3, -0.25) is 14.6 Å². The van der Waals surface area contributed by atoms with E-state index in [1.54, 1.807) is 0 Å². The van der Waals surface area contributed by atoms with Crippen molar-refractivity contribution in [3.05, 3.63) is 48.0 Å². The SMILES string of the molecule is CC(C)(C)OC[C@H](O)CN1CCN(CCNC(=O)c2cccc3ccccc23)CC1. The maximum absolute atomic E-state index is 12.6. The van der Waals surface area contributed by atoms with Gasteiger partial charge < -0.3 is 15.2 Å². The quantitative estimate of drug-likeness (QED) is 0.696. The molecule has 6 nitrogen and oxygen atoms in total. The molecule has 164 valence electrons. The van der Waals surface area contributed by atoms with Crippen molar-refractivity contribution in [2.75, 3.05) is 52.4 Å². The molecule has 1 heterocycles. The van der Waals surface area contributed by atoms with E-state index < -0.39 is 6.10 Å². The molecule has 3 rings (SSSR count). The van der Waals surface area contributed by atoms with E-state index in [0.717, 1.165) is 49.1 Å². The second kappa shape index (κ2) is 10.4. The van der Waals surface area contributed by atoms with Gasteiger partial charge in [0.15, 0.2) is 0 Å². The Morgan fingerprint density at radius 3 is 2.47 bits per heavy atom. The average Bonchev–Trinajstić information content (AvgIpc) is 2.72. The van der Waals surface area contributed by atoms with Gasteiger partial charge in [0.05, 0.1) is 18.3 Å². The average molecular weight is 414 g/mol. The van der Waals surface area contributed by atoms with Gasteiger partial charge in [0, 0.05) is 51.4 Å². The minimum Gasteiger partial charge on any atom is -0.389 e. The van der Waals surface area contributed by atoms with Crippen LogP contribution in [0.2, 0.25) is 0 Å². The van der Waals surface area contributed by atoms with E-state index in [2.05, 4.69) is 15.1 Å². The molecule has 2 N–H and O–H groups in total. The monoisotopic (exact) mass is 413 g/mol. The number of aliphatic hydroxyl groups excluding tert-OH is 1. The van der Waals surface area contributed by atoms with Gasteiger partial charge in [-0.25, -0.2) is 0 Å². The fourth-order valence-electron chi connectivity index (χ4n) is 3.74. The van der Waals surface area contributed by atoms with Crippen molar-refractivity contribution >= 4 is 16.7 Å². The lowest BCUT2D eigenvalue weighted by Crippen LogP contribution is -2.50. The van der Waals surface area contributed by atoms with E-state index >= 15 is 0 Å². The minimum absolute atomic E-state index is 0.0209. The molecule has 30 heavy (non-hydrogen) atoms. The van der Waals surface area contributed by atoms with Crippen molar-refractivity contribution in [2.24, 2.45) is 0 Å². The van der Waals surface area contributed by atoms with Crippen molar-refractivity contribution in [3.8, 4) is 0 Å². The van der Waals surface area contributed by atoms with Gasteiger partial charge in [0.1, 0.15) is 0 Å². The van der Waals surface area contributed by atoms with Gasteiger partial charge >= 0.3 is 0 Å². The molecule has 1 aliphatic rings. The zero-order chi connectivity index (χ0) is 21.6. The van der Waals surface area contributed by atoms with Crippen LogP contribution in [0.15, 0.2) is 42.5 Å². The summed E-state index contributed by atoms with van der Waals surface area (Å²) >= 11 is 0. The first-order valence-electron chi connectivity index (χ1n) is 10.8. The molecule has 2 aromatic carbocycles. The molecule has 1 fully saturated rings. The second-order valence-electron chi connectivity index (χ2n) is 9.00. The van der Waals surface area contributed by atoms with Gasteiger partial charge in [-0.1, -0.05) is 36.4 Å². The highest BCUT2D eigenvalue weighted by atomic mass is 16.5. The number of carbonyl (C=O) groups excluding carboxylic acids is 1. The molecule has 0 aromatic heterocycles. The molecule has 2 aromatic rings. The number of rotatable bonds is 8. The van der Waals surface area contributed by atoms with Crippen molar-refractivity contribution in [1.29, 1.82) is 0 Å². The largest absolute Gasteiger partial charge is 0.389 e. The summed E-state index contributed by atoms with van der Waals surface area (Å²) in [4.78, 5) is 17.3. The van der Waals surface area contributed by atoms with E-state index in [-0.39, 0.29) is 11.5 Å². The number of carbonyl (C=O) groups is 1. The van der Waals surface area contributed by atoms with Crippen LogP contribution in [0.4, 0.5) is 0 Å². The third-order valence-corrected chi connectivity index (χ3v) is 5.39. The van der Waals surface area contributed by atoms with Gasteiger partial charge in [0.2, 0.25) is 0 Å². The summed E-state index contributed by atoms with van der Waals surface area (Å²) in [7, 11) is 0. The van der Waals surface area contributed by atoms with Crippen molar-refractivity contribution in [3.63, 3.8) is 0 Å². The number of ether oxygens (including phenoxy) is 1. The molecule has 0 radical (unpaired) electrons. The number of amides is 1. The van der Waals surface area contributed by atoms with E-state index in [4.69, 9.17) is 4.74 Å². The number of nitrogens with zero attached hydrogens (tertiary/aromatic N) is 2. The smallest absolute Gasteiger partial charge is 0.251 e. The number of β-amino-alcohol motifs (C(OH)–C–C–N with tert-alkyl or cyclic N) is 1. The van der Waals surface area contributed by atoms with Crippen LogP contribution in [-0.4, -0.2) is 84.9 Å². The highest BCUT2D eigenvalue weighted by Crippen LogP contribution is 2.18. The number of hydrogen-bond acceptors (Lipinski definition) is 5. The van der Waals surface area contributed by atoms with Gasteiger partial charge in [-0.2, -0.15) is 0 Å². The van der Waals surface area contributed by atoms with E-state index in [1.165, 1.54) is 0 Å². The molecule has 0 aliphatic carbocycles. The number of fused-ring (bicyclic) bond motifs is 1. The second-order valence-corrected chi connectivity index (χ2v) is 9.00. The third kappa shape index (κ3) is 6.77. The Labute approximate surface area is 179 Å². The molecule has 0 saturated carbocycles. The highest BCUT2D eigenvalue weighted by molar-refractivity contribution is 6.06. The first kappa shape index (κ1) is 22.7. The summed E-state index contributed by atoms with van der Waals surface area (Å²) < 4.78 is 5.67. The topological polar surface area (TPSA) is 65.0 Å². The number of piperazine rings is 1. The Morgan fingerprint density at radius 2 is 1.73 bits per heavy atom. The highest BCUT2D eigenvalue weighted by Gasteiger charge is 2.21. The number of nitrogens with one attached hydrogen (secondary N) is 1. The Kier molecular flexibility index (Phi) is 7.83. The van der Waals surface area contributed by atoms with Crippen LogP contribution in [0.25, 0.3) is 10.8 Å². The van der Waals surface area contributed by atoms with Crippen molar-refractivity contribution < 1.29 is 14.6 Å². The summed E-state index contributed by atoms with van der Waals surface area (Å²) in [6.07, 6.45) is -0.462. The van der Waals surface area contributed by atoms with Crippen LogP contribution in [0.1, 0.15) is 31.1 Å². The van der Waals surface area contributed by atoms with E-state index in [0.29, 0.717) is 19.7 Å². The predicted octanol–water partition coefficient (Wildman–Crippen LogP) is 2.36. The lowest BCUT2D eigenvalue weighted by Gasteiger charge is -2.35. The number of hydrogen-bond donors (Lipinski definition) is 2. The summed E-state index contributed by atoms with van der Waals surface area (Å²) in [5.74, 6) is -0.0209. The molecule has 1 saturated heterocycles. The molecular formula is C24H35N3O3. The molecule has 1 atom stereocenters. The van der Waals surface area contributed by atoms with Crippen LogP contribution >= 0.6 is 0 Å². The predicted molar refractivity (Wildman–Crippen MR) is 121 cm³/mol. The van der Waals surface area contributed by atoms with Crippen LogP contribution in [0.5, 0.6) is 0 Å². The molecule has 6 heteroatoms. The lowest BCUT2D eigenvalue weighted by atomic mass is 10.0. The fourth-order valence-corrected chi connectivity index (χ4v) is 3.74. The molecule has 0 bridgehead atoms. The Morgan fingerprint density at radius 1 is 1.07 bits per heavy atom. The normalized spacial score (nSPS) is 17.2. The lowest BCUT2D eigenvalue weighted by molar-refractivity contribution is -0.0585. The molecule has 1 amide bonds. The number of aliphatic hydroxyl groups is 1. The Balaban J connectivity index is 1.37. The van der Waals surface area contributed by atoms with Crippen molar-refractivity contribution in [2.45, 2.75) is 32.5 Å². The van der Waals surface area contributed by atoms with E-state index in [9.17, 15) is 9.90 Å². The molecule has 0 unspecified atom stereocenters. The van der Waals surface area contributed by atoms with Gasteiger partial charge in [-0.15, -0.1) is 0 Å². The zero-order valence-corrected chi connectivity index (χ0v) is 18.4. The molecule has 0 spiro atoms. The third-order valence-electron chi connectivity index (χ3n) is 5.39. The first-order chi connectivity index (χ1) is 14.3. The Bertz CT molecular complexity index is 821. The van der Waals surface area contributed by atoms with Crippen LogP contribution in [-0.2, 0) is 4.74 Å². The van der Waals surface area contributed by atoms with Crippen LogP contribution in [0.3, 0.4) is 0 Å². The molecule has 1 aliphatic heterocycles. The standard InChI is InChI=1S/C24H35N3O3/c1-24(2,3)30-18-20(28)17-27-15-13-26(14-16-27)12-11-25-23(29)22-10-6-8-19-7-4-5-9-21(19)22/h4-10,20,28H,11-18H2,1-3H3,(H,25,29)/t20-/m1/s1. The first-order valence-corrected chi connectivity index (χ1v) is 10.8. The maximum atomic E-state index is 12.6. The van der Waals surface area contributed by atoms with Crippen LogP contribution < -0.4 is 5.32 Å². The molecular weight excluding hydrogens is 378 g/mol. The minimum atomic E-state index is -0.462.